The van der Waals surface area contributed by atoms with E-state index < -0.39 is 0 Å². The van der Waals surface area contributed by atoms with Crippen molar-refractivity contribution in [3.8, 4) is 0 Å². The Morgan fingerprint density at radius 2 is 2.20 bits per heavy atom. The molecule has 0 spiro atoms. The molecule has 0 aromatic rings. The molecule has 0 heterocycles. The molecule has 3 N–H and O–H groups in total. The van der Waals surface area contributed by atoms with Gasteiger partial charge in [-0.15, -0.1) is 0 Å². The van der Waals surface area contributed by atoms with Crippen molar-refractivity contribution in [1.82, 2.24) is 5.43 Å². The Hall–Kier alpha value is -0.900. The standard InChI is InChI=1S/C11H21N3S/c1-9(2)5-4-6-10(3)7-8-13-14-11(12)15/h5,8,10H,4,6-7H2,1-3H3,(H3,12,14,15)/b13-8-. The monoisotopic (exact) mass is 227 g/mol. The summed E-state index contributed by atoms with van der Waals surface area (Å²) in [7, 11) is 0. The van der Waals surface area contributed by atoms with Crippen LogP contribution in [0.3, 0.4) is 0 Å². The van der Waals surface area contributed by atoms with Crippen molar-refractivity contribution in [2.45, 2.75) is 40.0 Å². The molecule has 0 fully saturated rings. The quantitative estimate of drug-likeness (QED) is 0.317. The summed E-state index contributed by atoms with van der Waals surface area (Å²) in [5, 5.41) is 4.11. The van der Waals surface area contributed by atoms with Gasteiger partial charge in [0.2, 0.25) is 0 Å². The van der Waals surface area contributed by atoms with Crippen LogP contribution in [0.5, 0.6) is 0 Å². The summed E-state index contributed by atoms with van der Waals surface area (Å²) in [6.45, 7) is 6.46. The van der Waals surface area contributed by atoms with Crippen molar-refractivity contribution in [1.29, 1.82) is 0 Å². The van der Waals surface area contributed by atoms with Gasteiger partial charge >= 0.3 is 0 Å². The van der Waals surface area contributed by atoms with Crippen molar-refractivity contribution in [2.24, 2.45) is 16.8 Å². The Morgan fingerprint density at radius 1 is 1.53 bits per heavy atom. The molecule has 1 unspecified atom stereocenters. The Labute approximate surface area is 97.8 Å². The minimum atomic E-state index is 0.212. The van der Waals surface area contributed by atoms with E-state index in [2.05, 4.69) is 49.6 Å². The SMILES string of the molecule is CC(C)=CCCC(C)C/C=N\NC(N)=S. The molecule has 0 radical (unpaired) electrons. The predicted molar refractivity (Wildman–Crippen MR) is 70.9 cm³/mol. The fraction of sp³-hybridized carbons (Fsp3) is 0.636. The third kappa shape index (κ3) is 11.0. The normalized spacial score (nSPS) is 12.5. The first-order valence-corrected chi connectivity index (χ1v) is 5.63. The number of nitrogens with two attached hydrogens (primary N) is 1. The summed E-state index contributed by atoms with van der Waals surface area (Å²) in [6.07, 6.45) is 7.36. The second-order valence-electron chi connectivity index (χ2n) is 3.99. The first-order chi connectivity index (χ1) is 7.02. The topological polar surface area (TPSA) is 50.4 Å². The highest BCUT2D eigenvalue weighted by Crippen LogP contribution is 2.10. The highest BCUT2D eigenvalue weighted by molar-refractivity contribution is 7.80. The van der Waals surface area contributed by atoms with Crippen molar-refractivity contribution >= 4 is 23.5 Å². The van der Waals surface area contributed by atoms with Gasteiger partial charge in [-0.05, 0) is 51.2 Å². The lowest BCUT2D eigenvalue weighted by atomic mass is 10.0. The third-order valence-corrected chi connectivity index (χ3v) is 2.08. The molecular formula is C11H21N3S. The van der Waals surface area contributed by atoms with Crippen LogP contribution in [0, 0.1) is 5.92 Å². The maximum absolute atomic E-state index is 5.22. The molecule has 0 bridgehead atoms. The Bertz CT molecular complexity index is 242. The molecule has 15 heavy (non-hydrogen) atoms. The summed E-state index contributed by atoms with van der Waals surface area (Å²) in [6, 6.07) is 0. The zero-order valence-corrected chi connectivity index (χ0v) is 10.6. The molecule has 0 aliphatic heterocycles. The van der Waals surface area contributed by atoms with Crippen molar-refractivity contribution in [3.63, 3.8) is 0 Å². The van der Waals surface area contributed by atoms with Gasteiger partial charge in [0, 0.05) is 6.21 Å². The van der Waals surface area contributed by atoms with Crippen LogP contribution in [0.4, 0.5) is 0 Å². The molecule has 0 amide bonds. The number of allylic oxidation sites excluding steroid dienone is 2. The molecule has 0 aliphatic carbocycles. The molecule has 4 heteroatoms. The summed E-state index contributed by atoms with van der Waals surface area (Å²) >= 11 is 4.62. The van der Waals surface area contributed by atoms with Crippen molar-refractivity contribution in [2.75, 3.05) is 0 Å². The van der Waals surface area contributed by atoms with Gasteiger partial charge < -0.3 is 5.73 Å². The first kappa shape index (κ1) is 14.1. The Balaban J connectivity index is 3.57. The van der Waals surface area contributed by atoms with E-state index in [1.807, 2.05) is 6.21 Å². The largest absolute Gasteiger partial charge is 0.375 e. The fourth-order valence-corrected chi connectivity index (χ4v) is 1.17. The molecule has 1 atom stereocenters. The average molecular weight is 227 g/mol. The van der Waals surface area contributed by atoms with Crippen LogP contribution in [0.25, 0.3) is 0 Å². The second kappa shape index (κ2) is 8.41. The van der Waals surface area contributed by atoms with Gasteiger partial charge in [0.1, 0.15) is 0 Å². The van der Waals surface area contributed by atoms with Crippen molar-refractivity contribution < 1.29 is 0 Å². The lowest BCUT2D eigenvalue weighted by molar-refractivity contribution is 0.562. The Kier molecular flexibility index (Phi) is 7.91. The number of hydrogen-bond donors (Lipinski definition) is 2. The van der Waals surface area contributed by atoms with E-state index >= 15 is 0 Å². The van der Waals surface area contributed by atoms with Gasteiger partial charge in [-0.3, -0.25) is 5.43 Å². The minimum absolute atomic E-state index is 0.212. The van der Waals surface area contributed by atoms with Crippen molar-refractivity contribution in [3.05, 3.63) is 11.6 Å². The summed E-state index contributed by atoms with van der Waals surface area (Å²) in [4.78, 5) is 0. The highest BCUT2D eigenvalue weighted by Gasteiger charge is 1.98. The first-order valence-electron chi connectivity index (χ1n) is 5.22. The Morgan fingerprint density at radius 3 is 2.73 bits per heavy atom. The van der Waals surface area contributed by atoms with E-state index in [0.29, 0.717) is 5.92 Å². The number of rotatable bonds is 6. The molecule has 0 aromatic carbocycles. The van der Waals surface area contributed by atoms with Gasteiger partial charge in [0.15, 0.2) is 5.11 Å². The summed E-state index contributed by atoms with van der Waals surface area (Å²) < 4.78 is 0. The van der Waals surface area contributed by atoms with Gasteiger partial charge in [0.25, 0.3) is 0 Å². The molecule has 0 saturated carbocycles. The predicted octanol–water partition coefficient (Wildman–Crippen LogP) is 2.58. The van der Waals surface area contributed by atoms with Crippen LogP contribution in [0.1, 0.15) is 40.0 Å². The lowest BCUT2D eigenvalue weighted by Gasteiger charge is -2.05. The van der Waals surface area contributed by atoms with Gasteiger partial charge in [-0.1, -0.05) is 18.6 Å². The molecular weight excluding hydrogens is 206 g/mol. The average Bonchev–Trinajstić information content (AvgIpc) is 2.11. The van der Waals surface area contributed by atoms with E-state index in [1.54, 1.807) is 0 Å². The summed E-state index contributed by atoms with van der Waals surface area (Å²) in [5.74, 6) is 0.637. The molecule has 0 aliphatic rings. The number of hydrazone groups is 1. The number of nitrogens with one attached hydrogen (secondary N) is 1. The summed E-state index contributed by atoms with van der Waals surface area (Å²) in [5.41, 5.74) is 9.14. The molecule has 0 saturated heterocycles. The molecule has 86 valence electrons. The van der Waals surface area contributed by atoms with E-state index in [4.69, 9.17) is 5.73 Å². The molecule has 3 nitrogen and oxygen atoms in total. The van der Waals surface area contributed by atoms with Crippen LogP contribution in [-0.2, 0) is 0 Å². The van der Waals surface area contributed by atoms with Crippen LogP contribution >= 0.6 is 12.2 Å². The highest BCUT2D eigenvalue weighted by atomic mass is 32.1. The number of thiocarbonyl (C=S) groups is 1. The number of hydrogen-bond acceptors (Lipinski definition) is 2. The molecule has 0 rings (SSSR count). The van der Waals surface area contributed by atoms with E-state index in [-0.39, 0.29) is 5.11 Å². The van der Waals surface area contributed by atoms with Gasteiger partial charge in [-0.25, -0.2) is 0 Å². The van der Waals surface area contributed by atoms with Crippen LogP contribution in [-0.4, -0.2) is 11.3 Å². The third-order valence-electron chi connectivity index (χ3n) is 1.99. The smallest absolute Gasteiger partial charge is 0.184 e. The van der Waals surface area contributed by atoms with Crippen LogP contribution < -0.4 is 11.2 Å². The minimum Gasteiger partial charge on any atom is -0.375 e. The zero-order valence-electron chi connectivity index (χ0n) is 9.79. The van der Waals surface area contributed by atoms with Gasteiger partial charge in [0.05, 0.1) is 0 Å². The van der Waals surface area contributed by atoms with E-state index in [9.17, 15) is 0 Å². The van der Waals surface area contributed by atoms with Crippen LogP contribution in [0.2, 0.25) is 0 Å². The van der Waals surface area contributed by atoms with Crippen LogP contribution in [0.15, 0.2) is 16.8 Å². The van der Waals surface area contributed by atoms with E-state index in [1.165, 1.54) is 12.0 Å². The maximum atomic E-state index is 5.22. The number of nitrogens with zero attached hydrogens (tertiary/aromatic N) is 1. The van der Waals surface area contributed by atoms with E-state index in [0.717, 1.165) is 12.8 Å². The second-order valence-corrected chi connectivity index (χ2v) is 4.43. The zero-order chi connectivity index (χ0) is 11.7. The maximum Gasteiger partial charge on any atom is 0.184 e. The van der Waals surface area contributed by atoms with Gasteiger partial charge in [-0.2, -0.15) is 5.10 Å². The fourth-order valence-electron chi connectivity index (χ4n) is 1.12. The molecule has 0 aromatic heterocycles. The lowest BCUT2D eigenvalue weighted by Crippen LogP contribution is -2.24.